The number of carbonyl (C=O) groups is 1. The zero-order valence-electron chi connectivity index (χ0n) is 19.6. The zero-order valence-corrected chi connectivity index (χ0v) is 23.7. The second kappa shape index (κ2) is 11.2. The van der Waals surface area contributed by atoms with Crippen molar-refractivity contribution in [3.8, 4) is 5.75 Å². The van der Waals surface area contributed by atoms with Gasteiger partial charge in [0.05, 0.1) is 0 Å². The number of nitrogens with two attached hydrogens (primary N) is 3. The maximum atomic E-state index is 13.4. The van der Waals surface area contributed by atoms with Crippen molar-refractivity contribution in [2.75, 3.05) is 6.61 Å². The van der Waals surface area contributed by atoms with Crippen LogP contribution in [0, 0.1) is 5.82 Å². The summed E-state index contributed by atoms with van der Waals surface area (Å²) < 4.78 is 38.4. The van der Waals surface area contributed by atoms with Crippen LogP contribution < -0.4 is 17.2 Å². The van der Waals surface area contributed by atoms with E-state index in [1.807, 2.05) is 4.57 Å². The number of guanidine groups is 1. The van der Waals surface area contributed by atoms with Crippen molar-refractivity contribution in [3.63, 3.8) is 0 Å². The number of amidine groups is 1. The topological polar surface area (TPSA) is 171 Å². The van der Waals surface area contributed by atoms with Crippen LogP contribution in [0.25, 0.3) is 10.9 Å². The number of aliphatic imine (C=N–C) groups is 1. The minimum absolute atomic E-state index is 0.0418. The molecule has 1 fully saturated rings. The van der Waals surface area contributed by atoms with Gasteiger partial charge in [-0.1, -0.05) is 0 Å². The monoisotopic (exact) mass is 658 g/mol. The van der Waals surface area contributed by atoms with Crippen LogP contribution in [0.1, 0.15) is 41.9 Å². The van der Waals surface area contributed by atoms with Gasteiger partial charge in [-0.15, -0.1) is 0 Å². The molecule has 0 bridgehead atoms. The van der Waals surface area contributed by atoms with Crippen LogP contribution in [0.3, 0.4) is 0 Å². The molecule has 1 unspecified atom stereocenters. The van der Waals surface area contributed by atoms with E-state index in [0.717, 1.165) is 12.8 Å². The van der Waals surface area contributed by atoms with Crippen LogP contribution in [-0.2, 0) is 21.3 Å². The van der Waals surface area contributed by atoms with Crippen molar-refractivity contribution in [2.45, 2.75) is 36.5 Å². The first-order valence-electron chi connectivity index (χ1n) is 11.1. The molecule has 1 aromatic heterocycles. The van der Waals surface area contributed by atoms with E-state index in [1.165, 1.54) is 24.3 Å². The van der Waals surface area contributed by atoms with Crippen molar-refractivity contribution in [3.05, 3.63) is 51.9 Å². The molecule has 10 nitrogen and oxygen atoms in total. The molecule has 7 N–H and O–H groups in total. The Kier molecular flexibility index (Phi) is 8.22. The maximum absolute atomic E-state index is 13.4. The molecular formula is C23H24BrFN6O4SSe. The zero-order chi connectivity index (χ0) is 26.9. The fourth-order valence-corrected chi connectivity index (χ4v) is 6.14. The van der Waals surface area contributed by atoms with Gasteiger partial charge in [0.1, 0.15) is 0 Å². The molecule has 4 rings (SSSR count). The summed E-state index contributed by atoms with van der Waals surface area (Å²) in [6, 6.07) is 7.11. The van der Waals surface area contributed by atoms with Gasteiger partial charge < -0.3 is 0 Å². The number of halogens is 2. The van der Waals surface area contributed by atoms with Crippen molar-refractivity contribution in [2.24, 2.45) is 26.2 Å². The number of benzene rings is 2. The van der Waals surface area contributed by atoms with Gasteiger partial charge in [0.15, 0.2) is 0 Å². The third-order valence-corrected chi connectivity index (χ3v) is 8.65. The number of ether oxygens (including phenoxy) is 1. The first kappa shape index (κ1) is 27.1. The van der Waals surface area contributed by atoms with Crippen molar-refractivity contribution >= 4 is 75.2 Å². The number of aromatic nitrogens is 1. The molecular weight excluding hydrogens is 634 g/mol. The van der Waals surface area contributed by atoms with E-state index in [1.54, 1.807) is 13.0 Å². The Hall–Kier alpha value is -2.93. The van der Waals surface area contributed by atoms with Gasteiger partial charge in [-0.25, -0.2) is 4.39 Å². The Labute approximate surface area is 229 Å². The number of hydrogen-bond donors (Lipinski definition) is 4. The first-order valence-corrected chi connectivity index (χ1v) is 14.8. The number of esters is 1. The van der Waals surface area contributed by atoms with Gasteiger partial charge in [0.2, 0.25) is 0 Å². The predicted octanol–water partition coefficient (Wildman–Crippen LogP) is 2.91. The second-order valence-electron chi connectivity index (χ2n) is 8.09. The van der Waals surface area contributed by atoms with E-state index in [-0.39, 0.29) is 46.1 Å². The minimum atomic E-state index is -1.61. The summed E-state index contributed by atoms with van der Waals surface area (Å²) in [5.74, 6) is -1.52. The van der Waals surface area contributed by atoms with Crippen LogP contribution in [0.4, 0.5) is 10.1 Å². The normalized spacial score (nSPS) is 14.5. The van der Waals surface area contributed by atoms with Gasteiger partial charge in [-0.2, -0.15) is 0 Å². The summed E-state index contributed by atoms with van der Waals surface area (Å²) in [7, 11) is -1.61. The summed E-state index contributed by atoms with van der Waals surface area (Å²) in [6.45, 7) is 1.78. The summed E-state index contributed by atoms with van der Waals surface area (Å²) in [5, 5.41) is 11.3. The van der Waals surface area contributed by atoms with E-state index in [2.05, 4.69) is 24.9 Å². The molecule has 0 spiro atoms. The van der Waals surface area contributed by atoms with Gasteiger partial charge >= 0.3 is 225 Å². The molecule has 3 aromatic rings. The van der Waals surface area contributed by atoms with Gasteiger partial charge in [0, 0.05) is 0 Å². The molecule has 196 valence electrons. The van der Waals surface area contributed by atoms with Crippen LogP contribution in [0.15, 0.2) is 48.7 Å². The standard InChI is InChI=1S/C23H24BrFN6O4SSe/c1-2-35-21(33)18-16(10-36(34)13-7-3-11(25)4-8-13)31(12-5-6-12)15-9-14(24)20(32)19(17(15)18)29-23(28)37-30-22(26)27/h3-4,7-9,12,32H,2,5-6,10H2,1H3,(H2,28,29)(H4,26,27,30). The fourth-order valence-electron chi connectivity index (χ4n) is 3.91. The molecule has 0 radical (unpaired) electrons. The number of hydrogen-bond acceptors (Lipinski definition) is 6. The average Bonchev–Trinajstić information content (AvgIpc) is 3.63. The number of nitrogens with zero attached hydrogens (tertiary/aromatic N) is 3. The second-order valence-corrected chi connectivity index (χ2v) is 12.0. The average molecular weight is 658 g/mol. The quantitative estimate of drug-likeness (QED) is 0.119. The molecule has 1 heterocycles. The van der Waals surface area contributed by atoms with E-state index in [0.29, 0.717) is 26.0 Å². The SMILES string of the molecule is CCOC(=O)c1c(CS(=O)c2ccc(F)cc2)n(C2CC2)c2cc(Br)c(O)c(N=C(N)[Se]N=C(N)N)c12. The molecule has 1 saturated carbocycles. The van der Waals surface area contributed by atoms with Gasteiger partial charge in [-0.3, -0.25) is 0 Å². The number of rotatable bonds is 9. The molecule has 0 saturated heterocycles. The molecule has 0 amide bonds. The molecule has 1 aliphatic carbocycles. The third kappa shape index (κ3) is 5.82. The third-order valence-electron chi connectivity index (χ3n) is 5.50. The molecule has 37 heavy (non-hydrogen) atoms. The van der Waals surface area contributed by atoms with Crippen LogP contribution in [-0.4, -0.2) is 52.3 Å². The number of phenolic OH excluding ortho intramolecular Hbond substituents is 1. The van der Waals surface area contributed by atoms with E-state index in [4.69, 9.17) is 21.9 Å². The summed E-state index contributed by atoms with van der Waals surface area (Å²) in [4.78, 5) is 18.1. The van der Waals surface area contributed by atoms with Crippen molar-refractivity contribution in [1.29, 1.82) is 0 Å². The number of carbonyl (C=O) groups excluding carboxylic acids is 1. The first-order chi connectivity index (χ1) is 17.6. The Balaban J connectivity index is 1.99. The molecule has 2 aromatic carbocycles. The molecule has 1 aliphatic rings. The van der Waals surface area contributed by atoms with E-state index < -0.39 is 37.8 Å². The Morgan fingerprint density at radius 3 is 2.57 bits per heavy atom. The van der Waals surface area contributed by atoms with Crippen molar-refractivity contribution in [1.82, 2.24) is 4.57 Å². The van der Waals surface area contributed by atoms with Gasteiger partial charge in [-0.05, 0) is 0 Å². The van der Waals surface area contributed by atoms with Crippen molar-refractivity contribution < 1.29 is 23.2 Å². The van der Waals surface area contributed by atoms with E-state index >= 15 is 0 Å². The number of fused-ring (bicyclic) bond motifs is 1. The van der Waals surface area contributed by atoms with Gasteiger partial charge in [0.25, 0.3) is 0 Å². The Morgan fingerprint density at radius 1 is 1.30 bits per heavy atom. The molecule has 14 heteroatoms. The number of phenols is 1. The molecule has 1 atom stereocenters. The van der Waals surface area contributed by atoms with Crippen LogP contribution >= 0.6 is 15.9 Å². The van der Waals surface area contributed by atoms with Crippen LogP contribution in [0.2, 0.25) is 0 Å². The Morgan fingerprint density at radius 2 is 1.97 bits per heavy atom. The van der Waals surface area contributed by atoms with E-state index in [9.17, 15) is 18.5 Å². The summed E-state index contributed by atoms with van der Waals surface area (Å²) >= 11 is 2.62. The summed E-state index contributed by atoms with van der Waals surface area (Å²) in [6.07, 6.45) is 1.71. The summed E-state index contributed by atoms with van der Waals surface area (Å²) in [5.41, 5.74) is 18.1. The fraction of sp³-hybridized carbons (Fsp3) is 0.261. The predicted molar refractivity (Wildman–Crippen MR) is 145 cm³/mol. The molecule has 0 aliphatic heterocycles. The van der Waals surface area contributed by atoms with Crippen LogP contribution in [0.5, 0.6) is 5.75 Å². The Bertz CT molecular complexity index is 1450. The number of aromatic hydroxyl groups is 1.